The van der Waals surface area contributed by atoms with Gasteiger partial charge in [-0.05, 0) is 35.7 Å². The summed E-state index contributed by atoms with van der Waals surface area (Å²) in [5.74, 6) is 1.02. The molecule has 0 saturated heterocycles. The molecule has 2 aromatic carbocycles. The van der Waals surface area contributed by atoms with Gasteiger partial charge in [-0.3, -0.25) is 4.98 Å². The Hall–Kier alpha value is -3.47. The van der Waals surface area contributed by atoms with E-state index in [4.69, 9.17) is 9.47 Å². The molecule has 2 heterocycles. The molecular weight excluding hydrogens is 340 g/mol. The van der Waals surface area contributed by atoms with Crippen LogP contribution < -0.4 is 5.32 Å². The monoisotopic (exact) mass is 360 g/mol. The van der Waals surface area contributed by atoms with Gasteiger partial charge in [-0.25, -0.2) is 0 Å². The zero-order valence-electron chi connectivity index (χ0n) is 14.7. The van der Waals surface area contributed by atoms with E-state index in [0.717, 1.165) is 29.0 Å². The number of rotatable bonds is 6. The maximum atomic E-state index is 9.48. The van der Waals surface area contributed by atoms with Crippen molar-refractivity contribution in [3.63, 3.8) is 0 Å². The first-order chi connectivity index (χ1) is 13.3. The molecule has 4 rings (SSSR count). The number of hydrogen-bond acceptors (Lipinski definition) is 5. The number of hydrogen-bond donors (Lipinski definition) is 2. The second-order valence-corrected chi connectivity index (χ2v) is 6.34. The molecule has 1 aliphatic heterocycles. The molecule has 0 spiro atoms. The van der Waals surface area contributed by atoms with Gasteiger partial charge in [0, 0.05) is 18.0 Å². The quantitative estimate of drug-likeness (QED) is 0.685. The van der Waals surface area contributed by atoms with Gasteiger partial charge in [0.2, 0.25) is 6.79 Å². The van der Waals surface area contributed by atoms with Crippen molar-refractivity contribution in [1.82, 2.24) is 4.98 Å². The largest absolute Gasteiger partial charge is 0.508 e. The molecule has 27 heavy (non-hydrogen) atoms. The number of aromatic hydroxyl groups is 1. The number of ether oxygens (including phenoxy) is 2. The van der Waals surface area contributed by atoms with Crippen molar-refractivity contribution < 1.29 is 14.6 Å². The van der Waals surface area contributed by atoms with Gasteiger partial charge in [0.25, 0.3) is 0 Å². The number of benzene rings is 2. The Morgan fingerprint density at radius 2 is 1.81 bits per heavy atom. The zero-order chi connectivity index (χ0) is 18.5. The summed E-state index contributed by atoms with van der Waals surface area (Å²) < 4.78 is 10.9. The molecule has 0 radical (unpaired) electrons. The number of phenols is 1. The van der Waals surface area contributed by atoms with Crippen LogP contribution in [-0.2, 0) is 15.9 Å². The van der Waals surface area contributed by atoms with Gasteiger partial charge in [-0.2, -0.15) is 0 Å². The molecule has 2 N–H and O–H groups in total. The molecule has 1 atom stereocenters. The van der Waals surface area contributed by atoms with Crippen LogP contribution in [0.25, 0.3) is 11.1 Å². The number of aromatic nitrogens is 1. The average Bonchev–Trinajstić information content (AvgIpc) is 3.24. The zero-order valence-corrected chi connectivity index (χ0v) is 14.7. The Balaban J connectivity index is 1.57. The van der Waals surface area contributed by atoms with Crippen LogP contribution in [0.5, 0.6) is 5.75 Å². The lowest BCUT2D eigenvalue weighted by Gasteiger charge is -2.20. The molecule has 1 unspecified atom stereocenters. The highest BCUT2D eigenvalue weighted by atomic mass is 16.7. The molecule has 0 fully saturated rings. The normalized spacial score (nSPS) is 14.0. The van der Waals surface area contributed by atoms with Crippen molar-refractivity contribution in [3.05, 3.63) is 90.6 Å². The van der Waals surface area contributed by atoms with E-state index in [9.17, 15) is 5.11 Å². The first-order valence-electron chi connectivity index (χ1n) is 8.77. The van der Waals surface area contributed by atoms with Crippen LogP contribution in [0.1, 0.15) is 5.56 Å². The SMILES string of the molecule is Oc1ccc(-c2cncc(NC(Cc3ccccc3)C3=COCO3)c2)cc1. The van der Waals surface area contributed by atoms with Gasteiger partial charge >= 0.3 is 0 Å². The molecule has 0 amide bonds. The third kappa shape index (κ3) is 4.20. The maximum absolute atomic E-state index is 9.48. The van der Waals surface area contributed by atoms with Crippen molar-refractivity contribution in [2.45, 2.75) is 12.5 Å². The van der Waals surface area contributed by atoms with Crippen molar-refractivity contribution in [3.8, 4) is 16.9 Å². The van der Waals surface area contributed by atoms with Crippen LogP contribution in [0, 0.1) is 0 Å². The van der Waals surface area contributed by atoms with Crippen molar-refractivity contribution in [2.75, 3.05) is 12.1 Å². The minimum absolute atomic E-state index is 0.0632. The Kier molecular flexibility index (Phi) is 4.92. The highest BCUT2D eigenvalue weighted by Gasteiger charge is 2.21. The lowest BCUT2D eigenvalue weighted by atomic mass is 10.0. The summed E-state index contributed by atoms with van der Waals surface area (Å²) >= 11 is 0. The second kappa shape index (κ2) is 7.83. The minimum Gasteiger partial charge on any atom is -0.508 e. The smallest absolute Gasteiger partial charge is 0.229 e. The molecule has 5 heteroatoms. The standard InChI is InChI=1S/C22H20N2O3/c25-20-8-6-17(7-9-20)18-11-19(13-23-12-18)24-21(22-14-26-15-27-22)10-16-4-2-1-3-5-16/h1-9,11-14,21,24-25H,10,15H2. The van der Waals surface area contributed by atoms with E-state index in [1.54, 1.807) is 30.8 Å². The van der Waals surface area contributed by atoms with E-state index in [0.29, 0.717) is 0 Å². The van der Waals surface area contributed by atoms with Crippen molar-refractivity contribution >= 4 is 5.69 Å². The minimum atomic E-state index is -0.0632. The van der Waals surface area contributed by atoms with Gasteiger partial charge in [0.1, 0.15) is 12.0 Å². The van der Waals surface area contributed by atoms with E-state index in [-0.39, 0.29) is 18.6 Å². The lowest BCUT2D eigenvalue weighted by molar-refractivity contribution is 0.0764. The molecule has 1 aliphatic rings. The molecule has 0 aliphatic carbocycles. The van der Waals surface area contributed by atoms with Crippen LogP contribution in [0.15, 0.2) is 85.1 Å². The summed E-state index contributed by atoms with van der Waals surface area (Å²) in [6, 6.07) is 19.3. The fourth-order valence-corrected chi connectivity index (χ4v) is 3.04. The van der Waals surface area contributed by atoms with E-state index >= 15 is 0 Å². The molecule has 5 nitrogen and oxygen atoms in total. The first kappa shape index (κ1) is 17.0. The van der Waals surface area contributed by atoms with Crippen LogP contribution in [0.2, 0.25) is 0 Å². The highest BCUT2D eigenvalue weighted by molar-refractivity contribution is 5.67. The third-order valence-corrected chi connectivity index (χ3v) is 4.40. The van der Waals surface area contributed by atoms with Gasteiger partial charge in [0.05, 0.1) is 11.7 Å². The summed E-state index contributed by atoms with van der Waals surface area (Å²) in [4.78, 5) is 4.35. The van der Waals surface area contributed by atoms with E-state index < -0.39 is 0 Å². The molecule has 0 saturated carbocycles. The summed E-state index contributed by atoms with van der Waals surface area (Å²) in [6.07, 6.45) is 6.02. The Labute approximate surface area is 157 Å². The third-order valence-electron chi connectivity index (χ3n) is 4.40. The van der Waals surface area contributed by atoms with Crippen LogP contribution in [0.4, 0.5) is 5.69 Å². The number of pyridine rings is 1. The number of phenolic OH excluding ortho intramolecular Hbond substituents is 1. The summed E-state index contributed by atoms with van der Waals surface area (Å²) in [5, 5.41) is 13.0. The fraction of sp³-hybridized carbons (Fsp3) is 0.136. The number of nitrogens with one attached hydrogen (secondary N) is 1. The number of nitrogens with zero attached hydrogens (tertiary/aromatic N) is 1. The lowest BCUT2D eigenvalue weighted by Crippen LogP contribution is -2.25. The molecule has 0 bridgehead atoms. The van der Waals surface area contributed by atoms with Crippen LogP contribution >= 0.6 is 0 Å². The predicted molar refractivity (Wildman–Crippen MR) is 104 cm³/mol. The van der Waals surface area contributed by atoms with Gasteiger partial charge in [-0.1, -0.05) is 42.5 Å². The maximum Gasteiger partial charge on any atom is 0.229 e. The Bertz CT molecular complexity index is 924. The molecule has 1 aromatic heterocycles. The van der Waals surface area contributed by atoms with Crippen LogP contribution in [0.3, 0.4) is 0 Å². The van der Waals surface area contributed by atoms with Crippen molar-refractivity contribution in [1.29, 1.82) is 0 Å². The second-order valence-electron chi connectivity index (χ2n) is 6.34. The Morgan fingerprint density at radius 1 is 1.00 bits per heavy atom. The van der Waals surface area contributed by atoms with Gasteiger partial charge < -0.3 is 19.9 Å². The average molecular weight is 360 g/mol. The summed E-state index contributed by atoms with van der Waals surface area (Å²) in [5.41, 5.74) is 4.05. The predicted octanol–water partition coefficient (Wildman–Crippen LogP) is 4.32. The highest BCUT2D eigenvalue weighted by Crippen LogP contribution is 2.25. The Morgan fingerprint density at radius 3 is 2.56 bits per heavy atom. The number of anilines is 1. The van der Waals surface area contributed by atoms with Gasteiger partial charge in [0.15, 0.2) is 5.76 Å². The summed E-state index contributed by atoms with van der Waals surface area (Å²) in [7, 11) is 0. The first-order valence-corrected chi connectivity index (χ1v) is 8.77. The van der Waals surface area contributed by atoms with E-state index in [1.165, 1.54) is 5.56 Å². The summed E-state index contributed by atoms with van der Waals surface area (Å²) in [6.45, 7) is 0.244. The topological polar surface area (TPSA) is 63.6 Å². The molecule has 136 valence electrons. The molecular formula is C22H20N2O3. The van der Waals surface area contributed by atoms with Gasteiger partial charge in [-0.15, -0.1) is 0 Å². The van der Waals surface area contributed by atoms with E-state index in [2.05, 4.69) is 22.4 Å². The molecule has 3 aromatic rings. The fourth-order valence-electron chi connectivity index (χ4n) is 3.04. The van der Waals surface area contributed by atoms with Crippen LogP contribution in [-0.4, -0.2) is 22.9 Å². The van der Waals surface area contributed by atoms with Crippen molar-refractivity contribution in [2.24, 2.45) is 0 Å². The van der Waals surface area contributed by atoms with E-state index in [1.807, 2.05) is 36.4 Å².